The maximum atomic E-state index is 14.8. The largest absolute Gasteiger partial charge is 0.480 e. The monoisotopic (exact) mass is 1610 g/mol. The van der Waals surface area contributed by atoms with Gasteiger partial charge in [-0.3, -0.25) is 96.5 Å². The summed E-state index contributed by atoms with van der Waals surface area (Å²) in [7, 11) is 1.36. The third-order valence-corrected chi connectivity index (χ3v) is 21.1. The van der Waals surface area contributed by atoms with Gasteiger partial charge in [-0.2, -0.15) is 0 Å². The molecule has 0 spiro atoms. The van der Waals surface area contributed by atoms with Crippen LogP contribution in [0.2, 0.25) is 0 Å². The van der Waals surface area contributed by atoms with E-state index in [2.05, 4.69) is 57.5 Å². The van der Waals surface area contributed by atoms with Gasteiger partial charge < -0.3 is 84.2 Å². The molecule has 7 rings (SSSR count). The number of aromatic nitrogens is 3. The number of carboxylic acids is 3. The standard InChI is InChI=1S/C76H114N20O17S/c1-47(2)31-53(37-96-46-114-44-60(96)69(78)107)84-73(111)59(34-52-36-79-45-81-52)86-62(98)38-90(7)75(113)68(76(4,5)6)89-70(108)48(3)82-72(110)58(33-50-35-80-55-16-12-11-15-54(50)55)88-71(109)56(17-18-61(77)97)87-74(112)57(32-49-13-9-8-10-14-49)85-64(100)40-91-21-19-51(20-22-91)83-63(99)39-92-23-25-93(41-65(101)102)27-29-95(43-67(105)106)30-28-94(26-24-92)42-66(103)104/h8-16,35-36,45,47-48,51,53,56-60,68,80H,17-34,37-44,46H2,1-7H3,(H2,77,97)(H2,78,107)(H,79,81)(H,82,110)(H,83,99)(H,84,111)(H,85,100)(H,86,98)(H,87,112)(H,88,109)(H,89,108)(H,101,102)(H,103,104)(H,105,106)/t48-,53?,56-,57+,58-,59-,60-,68+/m0/s1. The van der Waals surface area contributed by atoms with E-state index in [4.69, 9.17) is 11.5 Å². The molecule has 3 saturated heterocycles. The maximum Gasteiger partial charge on any atom is 0.317 e. The minimum Gasteiger partial charge on any atom is -0.480 e. The summed E-state index contributed by atoms with van der Waals surface area (Å²) < 4.78 is 0. The van der Waals surface area contributed by atoms with Crippen molar-refractivity contribution in [3.05, 3.63) is 90.1 Å². The summed E-state index contributed by atoms with van der Waals surface area (Å²) in [5, 5.41) is 52.2. The number of likely N-dealkylation sites (N-methyl/N-ethyl adjacent to an activating group) is 1. The van der Waals surface area contributed by atoms with E-state index in [9.17, 15) is 82.4 Å². The predicted molar refractivity (Wildman–Crippen MR) is 422 cm³/mol. The molecule has 4 aromatic rings. The number of carbonyl (C=O) groups excluding carboxylic acids is 11. The first-order valence-electron chi connectivity index (χ1n) is 38.4. The van der Waals surface area contributed by atoms with Crippen molar-refractivity contribution in [1.82, 2.24) is 91.8 Å². The predicted octanol–water partition coefficient (Wildman–Crippen LogP) is -2.94. The minimum atomic E-state index is -1.54. The number of thioether (sulfide) groups is 1. The van der Waals surface area contributed by atoms with Crippen molar-refractivity contribution in [2.45, 2.75) is 147 Å². The summed E-state index contributed by atoms with van der Waals surface area (Å²) in [6.45, 7) is 11.6. The van der Waals surface area contributed by atoms with Crippen molar-refractivity contribution in [3.63, 3.8) is 0 Å². The number of benzene rings is 2. The van der Waals surface area contributed by atoms with E-state index in [1.807, 2.05) is 34.6 Å². The van der Waals surface area contributed by atoms with Gasteiger partial charge in [0.15, 0.2) is 0 Å². The number of aliphatic carboxylic acids is 3. The van der Waals surface area contributed by atoms with Crippen LogP contribution in [0.1, 0.15) is 90.5 Å². The van der Waals surface area contributed by atoms with Gasteiger partial charge in [0.2, 0.25) is 65.0 Å². The van der Waals surface area contributed by atoms with E-state index >= 15 is 0 Å². The Morgan fingerprint density at radius 3 is 1.67 bits per heavy atom. The summed E-state index contributed by atoms with van der Waals surface area (Å²) in [5.74, 6) is -9.54. The number of hydrogen-bond donors (Lipinski definition) is 15. The van der Waals surface area contributed by atoms with E-state index in [1.165, 1.54) is 26.5 Å². The zero-order valence-electron chi connectivity index (χ0n) is 66.0. The number of carbonyl (C=O) groups is 14. The molecule has 0 aliphatic carbocycles. The van der Waals surface area contributed by atoms with Crippen molar-refractivity contribution < 1.29 is 82.4 Å². The molecular weight excluding hydrogens is 1500 g/mol. The normalized spacial score (nSPS) is 18.1. The number of hydrogen-bond acceptors (Lipinski definition) is 22. The van der Waals surface area contributed by atoms with Crippen LogP contribution in [0.15, 0.2) is 73.3 Å². The second kappa shape index (κ2) is 44.5. The average molecular weight is 1610 g/mol. The van der Waals surface area contributed by atoms with Crippen LogP contribution in [-0.2, 0) is 86.4 Å². The molecule has 2 aromatic carbocycles. The summed E-state index contributed by atoms with van der Waals surface area (Å²) in [5.41, 5.74) is 12.8. The molecule has 114 heavy (non-hydrogen) atoms. The quantitative estimate of drug-likeness (QED) is 0.0212. The number of imidazole rings is 1. The van der Waals surface area contributed by atoms with E-state index < -0.39 is 144 Å². The van der Waals surface area contributed by atoms with Gasteiger partial charge in [-0.1, -0.05) is 83.1 Å². The number of rotatable bonds is 40. The van der Waals surface area contributed by atoms with Crippen LogP contribution in [0.4, 0.5) is 0 Å². The highest BCUT2D eigenvalue weighted by Gasteiger charge is 2.40. The lowest BCUT2D eigenvalue weighted by molar-refractivity contribution is -0.141. The Hall–Kier alpha value is -10.1. The number of primary amides is 2. The maximum absolute atomic E-state index is 14.8. The van der Waals surface area contributed by atoms with Gasteiger partial charge in [-0.15, -0.1) is 11.8 Å². The highest BCUT2D eigenvalue weighted by Crippen LogP contribution is 2.25. The van der Waals surface area contributed by atoms with E-state index in [1.54, 1.807) is 102 Å². The molecule has 626 valence electrons. The lowest BCUT2D eigenvalue weighted by atomic mass is 9.85. The fourth-order valence-electron chi connectivity index (χ4n) is 14.0. The number of para-hydroxylation sites is 1. The third kappa shape index (κ3) is 30.7. The Labute approximate surface area is 667 Å². The molecule has 2 aromatic heterocycles. The summed E-state index contributed by atoms with van der Waals surface area (Å²) in [4.78, 5) is 211. The number of likely N-dealkylation sites (tertiary alicyclic amines) is 1. The second-order valence-electron chi connectivity index (χ2n) is 31.1. The third-order valence-electron chi connectivity index (χ3n) is 20.1. The van der Waals surface area contributed by atoms with Crippen molar-refractivity contribution in [2.24, 2.45) is 22.8 Å². The molecule has 0 radical (unpaired) electrons. The molecule has 3 fully saturated rings. The number of fused-ring (bicyclic) bond motifs is 1. The van der Waals surface area contributed by atoms with E-state index in [0.717, 1.165) is 4.90 Å². The molecule has 0 bridgehead atoms. The molecule has 0 saturated carbocycles. The fourth-order valence-corrected chi connectivity index (χ4v) is 15.2. The van der Waals surface area contributed by atoms with Gasteiger partial charge in [0.1, 0.15) is 36.3 Å². The molecule has 1 unspecified atom stereocenters. The molecule has 3 aliphatic heterocycles. The highest BCUT2D eigenvalue weighted by atomic mass is 32.2. The molecule has 38 heteroatoms. The summed E-state index contributed by atoms with van der Waals surface area (Å²) >= 11 is 1.56. The summed E-state index contributed by atoms with van der Waals surface area (Å²) in [6.07, 6.45) is 5.03. The second-order valence-corrected chi connectivity index (χ2v) is 32.1. The van der Waals surface area contributed by atoms with E-state index in [-0.39, 0.29) is 129 Å². The smallest absolute Gasteiger partial charge is 0.317 e. The zero-order valence-corrected chi connectivity index (χ0v) is 66.8. The van der Waals surface area contributed by atoms with Gasteiger partial charge in [0.05, 0.1) is 51.6 Å². The number of amides is 11. The molecule has 5 heterocycles. The van der Waals surface area contributed by atoms with Gasteiger partial charge in [0, 0.05) is 157 Å². The van der Waals surface area contributed by atoms with Crippen LogP contribution in [-0.4, -0.2) is 332 Å². The van der Waals surface area contributed by atoms with Crippen LogP contribution >= 0.6 is 11.8 Å². The average Bonchev–Trinajstić information content (AvgIpc) is 1.83. The number of nitrogens with two attached hydrogens (primary N) is 2. The van der Waals surface area contributed by atoms with Crippen LogP contribution < -0.4 is 54.0 Å². The van der Waals surface area contributed by atoms with Gasteiger partial charge in [0.25, 0.3) is 0 Å². The zero-order chi connectivity index (χ0) is 83.3. The Bertz CT molecular complexity index is 3900. The number of nitrogens with zero attached hydrogens (tertiary/aromatic N) is 8. The van der Waals surface area contributed by atoms with Crippen molar-refractivity contribution in [2.75, 3.05) is 130 Å². The van der Waals surface area contributed by atoms with Crippen molar-refractivity contribution in [1.29, 1.82) is 0 Å². The van der Waals surface area contributed by atoms with Crippen LogP contribution in [0, 0.1) is 11.3 Å². The molecular formula is C76H114N20O17S. The van der Waals surface area contributed by atoms with Crippen molar-refractivity contribution in [3.8, 4) is 0 Å². The van der Waals surface area contributed by atoms with Crippen LogP contribution in [0.3, 0.4) is 0 Å². The highest BCUT2D eigenvalue weighted by molar-refractivity contribution is 7.99. The Kier molecular flexibility index (Phi) is 35.6. The van der Waals surface area contributed by atoms with Crippen LogP contribution in [0.25, 0.3) is 10.9 Å². The first kappa shape index (κ1) is 91.1. The lowest BCUT2D eigenvalue weighted by Gasteiger charge is -2.34. The molecule has 37 nitrogen and oxygen atoms in total. The fraction of sp³-hybridized carbons (Fsp3) is 0.592. The summed E-state index contributed by atoms with van der Waals surface area (Å²) in [6, 6.07) is 6.53. The number of piperidine rings is 1. The Morgan fingerprint density at radius 1 is 0.588 bits per heavy atom. The molecule has 8 atom stereocenters. The van der Waals surface area contributed by atoms with E-state index in [0.29, 0.717) is 78.3 Å². The number of aromatic amines is 2. The SMILES string of the molecule is CC(C)CC(CN1CSC[C@H]1C(N)=O)NC(=O)[C@H](Cc1cnc[nH]1)NC(=O)CN(C)C(=O)[C@@H](NC(=O)[C@H](C)NC(=O)[C@H](Cc1c[nH]c2ccccc12)NC(=O)[C@H](CCC(N)=O)NC(=O)[C@@H](Cc1ccccc1)NC(=O)CN1CCC(NC(=O)CN2CCN(CC(=O)O)CCN(CC(=O)O)CCN(CC(=O)O)CC2)CC1)C(C)(C)C. The molecule has 11 amide bonds. The Balaban J connectivity index is 0.990. The van der Waals surface area contributed by atoms with Gasteiger partial charge in [-0.25, -0.2) is 4.98 Å². The minimum absolute atomic E-state index is 0.00317. The molecule has 17 N–H and O–H groups in total. The first-order chi connectivity index (χ1) is 54.0. The number of carboxylic acid groups (broad SMARTS) is 3. The lowest BCUT2D eigenvalue weighted by Crippen LogP contribution is -2.61. The van der Waals surface area contributed by atoms with Crippen LogP contribution in [0.5, 0.6) is 0 Å². The number of H-pyrrole nitrogens is 2. The number of nitrogens with one attached hydrogen (secondary N) is 10. The first-order valence-corrected chi connectivity index (χ1v) is 39.6. The topological polar surface area (TPSA) is 515 Å². The van der Waals surface area contributed by atoms with Crippen molar-refractivity contribution >= 4 is 106 Å². The van der Waals surface area contributed by atoms with Gasteiger partial charge in [-0.05, 0) is 61.1 Å². The van der Waals surface area contributed by atoms with Gasteiger partial charge >= 0.3 is 17.9 Å². The Morgan fingerprint density at radius 2 is 1.11 bits per heavy atom. The molecule has 3 aliphatic rings.